The van der Waals surface area contributed by atoms with Crippen molar-refractivity contribution in [3.8, 4) is 0 Å². The van der Waals surface area contributed by atoms with Crippen LogP contribution in [-0.4, -0.2) is 36.4 Å². The van der Waals surface area contributed by atoms with Gasteiger partial charge in [-0.25, -0.2) is 0 Å². The zero-order chi connectivity index (χ0) is 47.7. The van der Waals surface area contributed by atoms with Crippen molar-refractivity contribution in [3.05, 3.63) is 36.5 Å². The van der Waals surface area contributed by atoms with E-state index in [2.05, 4.69) is 50.3 Å². The maximum Gasteiger partial charge on any atom is 0.306 e. The smallest absolute Gasteiger partial charge is 0.306 e. The molecule has 0 aliphatic carbocycles. The molecule has 0 aromatic heterocycles. The molecule has 0 radical (unpaired) electrons. The standard InChI is InChI=1S/C61H114O5/c1-3-5-7-9-11-13-15-17-19-21-23-25-27-29-30-32-34-36-38-40-42-44-46-48-50-52-54-56-61(64)66-59(57-62)58-65-60(63)55-53-51-49-47-45-43-41-39-37-35-33-31-28-26-24-22-20-18-16-14-12-10-8-6-4-2/h15,17,21,23,27,29,59,62H,3-14,16,18-20,22,24-26,28,30-58H2,1-2H3/b17-15-,23-21-,29-27-. The van der Waals surface area contributed by atoms with Gasteiger partial charge in [-0.15, -0.1) is 0 Å². The minimum Gasteiger partial charge on any atom is -0.462 e. The molecule has 0 bridgehead atoms. The van der Waals surface area contributed by atoms with Crippen LogP contribution in [0.15, 0.2) is 36.5 Å². The maximum atomic E-state index is 12.3. The van der Waals surface area contributed by atoms with Crippen molar-refractivity contribution < 1.29 is 24.2 Å². The van der Waals surface area contributed by atoms with E-state index in [0.717, 1.165) is 44.9 Å². The second-order valence-electron chi connectivity index (χ2n) is 20.1. The summed E-state index contributed by atoms with van der Waals surface area (Å²) in [6, 6.07) is 0. The van der Waals surface area contributed by atoms with Crippen molar-refractivity contribution in [3.63, 3.8) is 0 Å². The van der Waals surface area contributed by atoms with Crippen LogP contribution in [0.2, 0.25) is 0 Å². The molecule has 388 valence electrons. The molecule has 1 atom stereocenters. The SMILES string of the molecule is CCCCCCC/C=C\C/C=C\C/C=C\CCCCCCCCCCCCCCC(=O)OC(CO)COC(=O)CCCCCCCCCCCCCCCCCCCCCCCCCCC. The molecule has 0 amide bonds. The lowest BCUT2D eigenvalue weighted by molar-refractivity contribution is -0.161. The summed E-state index contributed by atoms with van der Waals surface area (Å²) in [4.78, 5) is 24.5. The highest BCUT2D eigenvalue weighted by molar-refractivity contribution is 5.70. The highest BCUT2D eigenvalue weighted by Crippen LogP contribution is 2.17. The average Bonchev–Trinajstić information content (AvgIpc) is 3.32. The molecule has 0 spiro atoms. The van der Waals surface area contributed by atoms with Gasteiger partial charge in [0, 0.05) is 12.8 Å². The molecule has 66 heavy (non-hydrogen) atoms. The molecular weight excluding hydrogens is 813 g/mol. The first kappa shape index (κ1) is 64.1. The van der Waals surface area contributed by atoms with Crippen molar-refractivity contribution in [2.24, 2.45) is 0 Å². The minimum absolute atomic E-state index is 0.0617. The van der Waals surface area contributed by atoms with Gasteiger partial charge in [-0.05, 0) is 51.4 Å². The van der Waals surface area contributed by atoms with Gasteiger partial charge < -0.3 is 14.6 Å². The van der Waals surface area contributed by atoms with E-state index in [1.807, 2.05) is 0 Å². The number of esters is 2. The number of aliphatic hydroxyl groups is 1. The predicted octanol–water partition coefficient (Wildman–Crippen LogP) is 19.9. The Kier molecular flexibility index (Phi) is 55.8. The molecule has 0 fully saturated rings. The molecule has 1 N–H and O–H groups in total. The Labute approximate surface area is 412 Å². The third-order valence-electron chi connectivity index (χ3n) is 13.4. The number of carbonyl (C=O) groups excluding carboxylic acids is 2. The van der Waals surface area contributed by atoms with Gasteiger partial charge in [0.05, 0.1) is 6.61 Å². The number of ether oxygens (including phenoxy) is 2. The molecule has 0 aromatic carbocycles. The Morgan fingerprint density at radius 2 is 0.606 bits per heavy atom. The average molecular weight is 928 g/mol. The lowest BCUT2D eigenvalue weighted by atomic mass is 10.0. The molecule has 5 nitrogen and oxygen atoms in total. The van der Waals surface area contributed by atoms with E-state index in [0.29, 0.717) is 12.8 Å². The molecule has 0 rings (SSSR count). The fraction of sp³-hybridized carbons (Fsp3) is 0.869. The van der Waals surface area contributed by atoms with E-state index in [1.54, 1.807) is 0 Å². The third-order valence-corrected chi connectivity index (χ3v) is 13.4. The van der Waals surface area contributed by atoms with Gasteiger partial charge >= 0.3 is 11.9 Å². The highest BCUT2D eigenvalue weighted by Gasteiger charge is 2.16. The van der Waals surface area contributed by atoms with Crippen molar-refractivity contribution in [1.29, 1.82) is 0 Å². The molecule has 0 heterocycles. The number of hydrogen-bond acceptors (Lipinski definition) is 5. The number of hydrogen-bond donors (Lipinski definition) is 1. The lowest BCUT2D eigenvalue weighted by Crippen LogP contribution is -2.28. The van der Waals surface area contributed by atoms with E-state index in [4.69, 9.17) is 9.47 Å². The topological polar surface area (TPSA) is 72.8 Å². The van der Waals surface area contributed by atoms with Gasteiger partial charge in [-0.2, -0.15) is 0 Å². The molecule has 0 aliphatic rings. The Balaban J connectivity index is 3.44. The molecule has 0 aromatic rings. The first-order chi connectivity index (χ1) is 32.6. The van der Waals surface area contributed by atoms with Crippen LogP contribution < -0.4 is 0 Å². The van der Waals surface area contributed by atoms with Gasteiger partial charge in [0.25, 0.3) is 0 Å². The third kappa shape index (κ3) is 54.7. The second kappa shape index (κ2) is 57.4. The van der Waals surface area contributed by atoms with Gasteiger partial charge in [-0.3, -0.25) is 9.59 Å². The Morgan fingerprint density at radius 3 is 0.909 bits per heavy atom. The predicted molar refractivity (Wildman–Crippen MR) is 288 cm³/mol. The van der Waals surface area contributed by atoms with E-state index in [1.165, 1.54) is 250 Å². The summed E-state index contributed by atoms with van der Waals surface area (Å²) < 4.78 is 10.7. The summed E-state index contributed by atoms with van der Waals surface area (Å²) in [6.45, 7) is 4.18. The Hall–Kier alpha value is -1.88. The summed E-state index contributed by atoms with van der Waals surface area (Å²) in [5, 5.41) is 9.66. The van der Waals surface area contributed by atoms with Crippen LogP contribution in [0.1, 0.15) is 322 Å². The van der Waals surface area contributed by atoms with Crippen LogP contribution in [0.25, 0.3) is 0 Å². The molecular formula is C61H114O5. The van der Waals surface area contributed by atoms with Gasteiger partial charge in [0.2, 0.25) is 0 Å². The minimum atomic E-state index is -0.771. The number of unbranched alkanes of at least 4 members (excludes halogenated alkanes) is 41. The first-order valence-electron chi connectivity index (χ1n) is 29.5. The van der Waals surface area contributed by atoms with Gasteiger partial charge in [0.15, 0.2) is 6.10 Å². The maximum absolute atomic E-state index is 12.3. The van der Waals surface area contributed by atoms with Gasteiger partial charge in [-0.1, -0.05) is 294 Å². The summed E-state index contributed by atoms with van der Waals surface area (Å²) in [7, 11) is 0. The van der Waals surface area contributed by atoms with Crippen molar-refractivity contribution >= 4 is 11.9 Å². The number of allylic oxidation sites excluding steroid dienone is 6. The molecule has 5 heteroatoms. The van der Waals surface area contributed by atoms with E-state index in [9.17, 15) is 14.7 Å². The summed E-state index contributed by atoms with van der Waals surface area (Å²) >= 11 is 0. The second-order valence-corrected chi connectivity index (χ2v) is 20.1. The quantitative estimate of drug-likeness (QED) is 0.0374. The van der Waals surface area contributed by atoms with E-state index < -0.39 is 6.10 Å². The fourth-order valence-corrected chi connectivity index (χ4v) is 8.98. The zero-order valence-electron chi connectivity index (χ0n) is 44.5. The number of rotatable bonds is 55. The molecule has 1 unspecified atom stereocenters. The summed E-state index contributed by atoms with van der Waals surface area (Å²) in [5.74, 6) is -0.575. The molecule has 0 aliphatic heterocycles. The van der Waals surface area contributed by atoms with Crippen LogP contribution in [0.3, 0.4) is 0 Å². The van der Waals surface area contributed by atoms with Gasteiger partial charge in [0.1, 0.15) is 6.61 Å². The highest BCUT2D eigenvalue weighted by atomic mass is 16.6. The number of aliphatic hydroxyl groups excluding tert-OH is 1. The Bertz CT molecular complexity index is 1050. The van der Waals surface area contributed by atoms with E-state index >= 15 is 0 Å². The molecule has 0 saturated carbocycles. The fourth-order valence-electron chi connectivity index (χ4n) is 8.98. The van der Waals surface area contributed by atoms with Crippen LogP contribution in [0, 0.1) is 0 Å². The van der Waals surface area contributed by atoms with Crippen LogP contribution >= 0.6 is 0 Å². The number of carbonyl (C=O) groups is 2. The van der Waals surface area contributed by atoms with Crippen LogP contribution in [-0.2, 0) is 19.1 Å². The van der Waals surface area contributed by atoms with Crippen molar-refractivity contribution in [1.82, 2.24) is 0 Å². The molecule has 0 saturated heterocycles. The van der Waals surface area contributed by atoms with E-state index in [-0.39, 0.29) is 25.2 Å². The normalized spacial score (nSPS) is 12.3. The monoisotopic (exact) mass is 927 g/mol. The summed E-state index contributed by atoms with van der Waals surface area (Å²) in [6.07, 6.45) is 74.1. The summed E-state index contributed by atoms with van der Waals surface area (Å²) in [5.41, 5.74) is 0. The van der Waals surface area contributed by atoms with Crippen molar-refractivity contribution in [2.45, 2.75) is 328 Å². The van der Waals surface area contributed by atoms with Crippen molar-refractivity contribution in [2.75, 3.05) is 13.2 Å². The van der Waals surface area contributed by atoms with Crippen LogP contribution in [0.4, 0.5) is 0 Å². The largest absolute Gasteiger partial charge is 0.462 e. The van der Waals surface area contributed by atoms with Crippen LogP contribution in [0.5, 0.6) is 0 Å². The Morgan fingerprint density at radius 1 is 0.348 bits per heavy atom. The lowest BCUT2D eigenvalue weighted by Gasteiger charge is -2.15. The first-order valence-corrected chi connectivity index (χ1v) is 29.5. The zero-order valence-corrected chi connectivity index (χ0v) is 44.5.